The number of esters is 1. The lowest BCUT2D eigenvalue weighted by Crippen LogP contribution is -2.23. The molecule has 1 aliphatic rings. The van der Waals surface area contributed by atoms with E-state index in [0.29, 0.717) is 13.2 Å². The summed E-state index contributed by atoms with van der Waals surface area (Å²) >= 11 is 0. The summed E-state index contributed by atoms with van der Waals surface area (Å²) in [4.78, 5) is 10.9. The van der Waals surface area contributed by atoms with Gasteiger partial charge < -0.3 is 14.6 Å². The number of carbonyl (C=O) groups excluding carboxylic acids is 1. The quantitative estimate of drug-likeness (QED) is 0.328. The molecule has 0 aromatic rings. The minimum Gasteiger partial charge on any atom is -0.463 e. The fraction of sp³-hybridized carbons (Fsp3) is 0.462. The first-order valence-electron chi connectivity index (χ1n) is 5.59. The van der Waals surface area contributed by atoms with Crippen LogP contribution in [0.25, 0.3) is 0 Å². The van der Waals surface area contributed by atoms with Crippen LogP contribution in [0.2, 0.25) is 0 Å². The Hall–Kier alpha value is -1.39. The molecule has 0 radical (unpaired) electrons. The molecule has 0 unspecified atom stereocenters. The van der Waals surface area contributed by atoms with E-state index in [2.05, 4.69) is 0 Å². The van der Waals surface area contributed by atoms with Crippen LogP contribution in [0.1, 0.15) is 13.8 Å². The third-order valence-electron chi connectivity index (χ3n) is 2.37. The largest absolute Gasteiger partial charge is 0.463 e. The highest BCUT2D eigenvalue weighted by Crippen LogP contribution is 2.30. The van der Waals surface area contributed by atoms with Gasteiger partial charge in [0.15, 0.2) is 0 Å². The predicted octanol–water partition coefficient (Wildman–Crippen LogP) is 1.37. The predicted molar refractivity (Wildman–Crippen MR) is 64.4 cm³/mol. The first-order chi connectivity index (χ1) is 8.08. The van der Waals surface area contributed by atoms with Crippen molar-refractivity contribution in [1.82, 2.24) is 0 Å². The number of hydrogen-bond acceptors (Lipinski definition) is 4. The lowest BCUT2D eigenvalue weighted by atomic mass is 10.1. The van der Waals surface area contributed by atoms with Crippen LogP contribution < -0.4 is 0 Å². The normalized spacial score (nSPS) is 25.8. The Bertz CT molecular complexity index is 337. The van der Waals surface area contributed by atoms with Crippen molar-refractivity contribution in [2.75, 3.05) is 13.2 Å². The summed E-state index contributed by atoms with van der Waals surface area (Å²) < 4.78 is 9.80. The number of ether oxygens (including phenoxy) is 2. The molecular formula is C13H18O4. The third kappa shape index (κ3) is 4.97. The van der Waals surface area contributed by atoms with Crippen molar-refractivity contribution in [1.29, 1.82) is 0 Å². The summed E-state index contributed by atoms with van der Waals surface area (Å²) in [5, 5.41) is 9.63. The zero-order valence-electron chi connectivity index (χ0n) is 10.1. The van der Waals surface area contributed by atoms with Crippen LogP contribution in [0.15, 0.2) is 36.5 Å². The van der Waals surface area contributed by atoms with Crippen molar-refractivity contribution in [2.45, 2.75) is 25.6 Å². The minimum absolute atomic E-state index is 0.361. The number of epoxide rings is 1. The summed E-state index contributed by atoms with van der Waals surface area (Å²) in [5.41, 5.74) is -0.412. The van der Waals surface area contributed by atoms with E-state index in [4.69, 9.17) is 9.47 Å². The van der Waals surface area contributed by atoms with E-state index < -0.39 is 11.7 Å². The van der Waals surface area contributed by atoms with Gasteiger partial charge in [-0.1, -0.05) is 30.4 Å². The molecule has 17 heavy (non-hydrogen) atoms. The molecule has 1 heterocycles. The highest BCUT2D eigenvalue weighted by atomic mass is 16.6. The Morgan fingerprint density at radius 1 is 1.47 bits per heavy atom. The van der Waals surface area contributed by atoms with Crippen LogP contribution in [0.4, 0.5) is 0 Å². The number of aliphatic hydroxyl groups is 1. The van der Waals surface area contributed by atoms with Gasteiger partial charge in [-0.15, -0.1) is 0 Å². The van der Waals surface area contributed by atoms with Crippen LogP contribution in [-0.4, -0.2) is 36.0 Å². The second-order valence-electron chi connectivity index (χ2n) is 3.93. The van der Waals surface area contributed by atoms with E-state index in [1.54, 1.807) is 37.3 Å². The first kappa shape index (κ1) is 13.7. The van der Waals surface area contributed by atoms with Crippen molar-refractivity contribution < 1.29 is 19.4 Å². The molecule has 1 fully saturated rings. The van der Waals surface area contributed by atoms with Crippen molar-refractivity contribution in [3.63, 3.8) is 0 Å². The number of carbonyl (C=O) groups is 1. The van der Waals surface area contributed by atoms with Crippen LogP contribution in [0.5, 0.6) is 0 Å². The molecular weight excluding hydrogens is 220 g/mol. The highest BCUT2D eigenvalue weighted by molar-refractivity contribution is 5.82. The molecule has 1 saturated heterocycles. The second-order valence-corrected chi connectivity index (χ2v) is 3.93. The molecule has 1 rings (SSSR count). The molecule has 0 aromatic carbocycles. The van der Waals surface area contributed by atoms with Gasteiger partial charge in [0.05, 0.1) is 13.2 Å². The number of allylic oxidation sites excluding steroid dienone is 4. The Labute approximate surface area is 101 Å². The van der Waals surface area contributed by atoms with Crippen LogP contribution in [-0.2, 0) is 14.3 Å². The lowest BCUT2D eigenvalue weighted by Gasteiger charge is -2.08. The Kier molecular flexibility index (Phi) is 5.12. The zero-order chi connectivity index (χ0) is 12.7. The SMILES string of the molecule is CCOC(=O)/C=C/C=C/C=C\[C@@H](O)[C@]1(C)CO1. The van der Waals surface area contributed by atoms with Crippen molar-refractivity contribution in [2.24, 2.45) is 0 Å². The molecule has 4 nitrogen and oxygen atoms in total. The number of rotatable bonds is 6. The smallest absolute Gasteiger partial charge is 0.330 e. The Morgan fingerprint density at radius 2 is 2.12 bits per heavy atom. The second kappa shape index (κ2) is 6.37. The van der Waals surface area contributed by atoms with Gasteiger partial charge in [-0.3, -0.25) is 0 Å². The molecule has 0 bridgehead atoms. The average Bonchev–Trinajstić information content (AvgIpc) is 3.03. The Balaban J connectivity index is 2.25. The maximum absolute atomic E-state index is 10.9. The fourth-order valence-corrected chi connectivity index (χ4v) is 1.11. The van der Waals surface area contributed by atoms with Crippen LogP contribution >= 0.6 is 0 Å². The van der Waals surface area contributed by atoms with Crippen LogP contribution in [0, 0.1) is 0 Å². The van der Waals surface area contributed by atoms with Gasteiger partial charge in [0.1, 0.15) is 11.7 Å². The molecule has 4 heteroatoms. The molecule has 1 aliphatic heterocycles. The molecule has 1 N–H and O–H groups in total. The maximum atomic E-state index is 10.9. The van der Waals surface area contributed by atoms with E-state index in [9.17, 15) is 9.90 Å². The van der Waals surface area contributed by atoms with E-state index in [1.165, 1.54) is 6.08 Å². The van der Waals surface area contributed by atoms with Gasteiger partial charge >= 0.3 is 5.97 Å². The van der Waals surface area contributed by atoms with Gasteiger partial charge in [0.2, 0.25) is 0 Å². The van der Waals surface area contributed by atoms with E-state index in [0.717, 1.165) is 0 Å². The van der Waals surface area contributed by atoms with Gasteiger partial charge in [0.25, 0.3) is 0 Å². The maximum Gasteiger partial charge on any atom is 0.330 e. The first-order valence-corrected chi connectivity index (χ1v) is 5.59. The molecule has 0 amide bonds. The molecule has 2 atom stereocenters. The standard InChI is InChI=1S/C13H18O4/c1-3-16-12(15)9-7-5-4-6-8-11(14)13(2)10-17-13/h4-9,11,14H,3,10H2,1-2H3/b5-4+,8-6-,9-7+/t11-,13+/m1/s1. The zero-order valence-corrected chi connectivity index (χ0v) is 10.1. The van der Waals surface area contributed by atoms with Crippen LogP contribution in [0.3, 0.4) is 0 Å². The summed E-state index contributed by atoms with van der Waals surface area (Å²) in [6.45, 7) is 4.57. The topological polar surface area (TPSA) is 59.1 Å². The van der Waals surface area contributed by atoms with Gasteiger partial charge in [0, 0.05) is 6.08 Å². The minimum atomic E-state index is -0.596. The Morgan fingerprint density at radius 3 is 2.71 bits per heavy atom. The van der Waals surface area contributed by atoms with E-state index in [-0.39, 0.29) is 5.97 Å². The summed E-state index contributed by atoms with van der Waals surface area (Å²) in [7, 11) is 0. The van der Waals surface area contributed by atoms with Crippen molar-refractivity contribution in [3.05, 3.63) is 36.5 Å². The summed E-state index contributed by atoms with van der Waals surface area (Å²) in [6, 6.07) is 0. The average molecular weight is 238 g/mol. The van der Waals surface area contributed by atoms with Crippen molar-refractivity contribution >= 4 is 5.97 Å². The highest BCUT2D eigenvalue weighted by Gasteiger charge is 2.45. The fourth-order valence-electron chi connectivity index (χ4n) is 1.11. The van der Waals surface area contributed by atoms with Crippen molar-refractivity contribution in [3.8, 4) is 0 Å². The molecule has 0 spiro atoms. The molecule has 0 aliphatic carbocycles. The molecule has 94 valence electrons. The van der Waals surface area contributed by atoms with E-state index >= 15 is 0 Å². The van der Waals surface area contributed by atoms with Gasteiger partial charge in [-0.2, -0.15) is 0 Å². The third-order valence-corrected chi connectivity index (χ3v) is 2.37. The monoisotopic (exact) mass is 238 g/mol. The molecule has 0 aromatic heterocycles. The van der Waals surface area contributed by atoms with E-state index in [1.807, 2.05) is 6.92 Å². The van der Waals surface area contributed by atoms with Gasteiger partial charge in [-0.25, -0.2) is 4.79 Å². The number of hydrogen-bond donors (Lipinski definition) is 1. The summed E-state index contributed by atoms with van der Waals surface area (Å²) in [6.07, 6.45) is 9.12. The number of aliphatic hydroxyl groups excluding tert-OH is 1. The lowest BCUT2D eigenvalue weighted by molar-refractivity contribution is -0.137. The molecule has 0 saturated carbocycles. The van der Waals surface area contributed by atoms with Gasteiger partial charge in [-0.05, 0) is 13.8 Å². The summed E-state index contributed by atoms with van der Waals surface area (Å²) in [5.74, 6) is -0.361.